The second-order valence-corrected chi connectivity index (χ2v) is 7.14. The molecule has 1 radical (unpaired) electrons. The molecular formula is C24H22MnN4O4. The molecule has 8 nitrogen and oxygen atoms in total. The van der Waals surface area contributed by atoms with Gasteiger partial charge < -0.3 is 28.9 Å². The van der Waals surface area contributed by atoms with Crippen LogP contribution in [0.1, 0.15) is 22.8 Å². The van der Waals surface area contributed by atoms with E-state index in [-0.39, 0.29) is 17.1 Å². The summed E-state index contributed by atoms with van der Waals surface area (Å²) in [6, 6.07) is 7.70. The van der Waals surface area contributed by atoms with Crippen molar-refractivity contribution >= 4 is 46.4 Å². The fourth-order valence-corrected chi connectivity index (χ4v) is 3.96. The molecule has 0 fully saturated rings. The van der Waals surface area contributed by atoms with E-state index in [0.717, 1.165) is 22.1 Å². The average Bonchev–Trinajstić information content (AvgIpc) is 3.59. The van der Waals surface area contributed by atoms with Gasteiger partial charge in [-0.05, 0) is 48.6 Å². The molecule has 3 aromatic heterocycles. The summed E-state index contributed by atoms with van der Waals surface area (Å²) in [5.41, 5.74) is 5.80. The van der Waals surface area contributed by atoms with Crippen molar-refractivity contribution < 1.29 is 36.0 Å². The molecule has 0 aliphatic carbocycles. The van der Waals surface area contributed by atoms with Crippen LogP contribution in [-0.4, -0.2) is 48.4 Å². The van der Waals surface area contributed by atoms with Gasteiger partial charge in [0.15, 0.2) is 23.0 Å². The molecule has 0 saturated heterocycles. The topological polar surface area (TPSA) is 94.3 Å². The molecular weight excluding hydrogens is 463 g/mol. The van der Waals surface area contributed by atoms with Crippen LogP contribution < -0.4 is 18.9 Å². The summed E-state index contributed by atoms with van der Waals surface area (Å²) in [7, 11) is 6.48. The van der Waals surface area contributed by atoms with Crippen molar-refractivity contribution in [1.29, 1.82) is 0 Å². The number of H-pyrrole nitrogens is 2. The minimum absolute atomic E-state index is 0. The molecule has 2 aliphatic rings. The minimum atomic E-state index is 0. The zero-order chi connectivity index (χ0) is 22.2. The molecule has 2 aliphatic heterocycles. The standard InChI is InChI=1S/C24H22N4O4.Mn/c1-29-21-13-5-7-15(25-13)22(30-2)17-9-11-19(27-17)24(32-4)20-12-10-18(28-20)23(31-3)16-8-6-14(21)26-16;/h5-12,25,28H,1-4H3;. The van der Waals surface area contributed by atoms with Gasteiger partial charge in [-0.25, -0.2) is 9.97 Å². The molecule has 3 aromatic rings. The molecule has 0 saturated carbocycles. The Morgan fingerprint density at radius 3 is 0.939 bits per heavy atom. The van der Waals surface area contributed by atoms with Crippen molar-refractivity contribution in [2.75, 3.05) is 28.4 Å². The first kappa shape index (κ1) is 22.5. The summed E-state index contributed by atoms with van der Waals surface area (Å²) in [6.45, 7) is 0. The molecule has 5 heterocycles. The van der Waals surface area contributed by atoms with Crippen LogP contribution in [0.2, 0.25) is 0 Å². The third kappa shape index (κ3) is 3.75. The number of rotatable bonds is 4. The third-order valence-electron chi connectivity index (χ3n) is 5.38. The van der Waals surface area contributed by atoms with Gasteiger partial charge >= 0.3 is 0 Å². The second kappa shape index (κ2) is 9.05. The first-order valence-corrected chi connectivity index (χ1v) is 9.99. The Labute approximate surface area is 200 Å². The molecule has 8 bridgehead atoms. The number of ether oxygens (including phenoxy) is 4. The van der Waals surface area contributed by atoms with E-state index in [1.807, 2.05) is 48.6 Å². The van der Waals surface area contributed by atoms with Gasteiger partial charge in [0, 0.05) is 17.1 Å². The van der Waals surface area contributed by atoms with Crippen molar-refractivity contribution in [3.8, 4) is 23.0 Å². The number of methoxy groups -OCH3 is 4. The molecule has 0 unspecified atom stereocenters. The maximum Gasteiger partial charge on any atom is 0.167 e. The Hall–Kier alpha value is -3.68. The average molecular weight is 485 g/mol. The summed E-state index contributed by atoms with van der Waals surface area (Å²) in [5, 5.41) is 0. The molecule has 169 valence electrons. The number of aromatic amines is 2. The van der Waals surface area contributed by atoms with Gasteiger partial charge in [-0.1, -0.05) is 0 Å². The Bertz CT molecular complexity index is 1230. The van der Waals surface area contributed by atoms with Gasteiger partial charge in [0.25, 0.3) is 0 Å². The third-order valence-corrected chi connectivity index (χ3v) is 5.38. The number of hydrogen-bond donors (Lipinski definition) is 2. The van der Waals surface area contributed by atoms with Crippen LogP contribution in [0.5, 0.6) is 23.0 Å². The molecule has 0 atom stereocenters. The number of aromatic nitrogens is 4. The van der Waals surface area contributed by atoms with Crippen LogP contribution in [0.25, 0.3) is 46.4 Å². The Morgan fingerprint density at radius 1 is 0.485 bits per heavy atom. The predicted octanol–water partition coefficient (Wildman–Crippen LogP) is 4.69. The van der Waals surface area contributed by atoms with E-state index in [1.54, 1.807) is 28.4 Å². The summed E-state index contributed by atoms with van der Waals surface area (Å²) in [4.78, 5) is 16.2. The predicted molar refractivity (Wildman–Crippen MR) is 125 cm³/mol. The van der Waals surface area contributed by atoms with Crippen LogP contribution in [0.3, 0.4) is 0 Å². The summed E-state index contributed by atoms with van der Waals surface area (Å²) >= 11 is 0. The van der Waals surface area contributed by atoms with E-state index in [4.69, 9.17) is 28.9 Å². The van der Waals surface area contributed by atoms with Crippen molar-refractivity contribution in [2.45, 2.75) is 0 Å². The zero-order valence-corrected chi connectivity index (χ0v) is 19.7. The smallest absolute Gasteiger partial charge is 0.167 e. The van der Waals surface area contributed by atoms with Gasteiger partial charge in [0.2, 0.25) is 0 Å². The zero-order valence-electron chi connectivity index (χ0n) is 18.5. The van der Waals surface area contributed by atoms with Gasteiger partial charge in [0.1, 0.15) is 22.8 Å². The van der Waals surface area contributed by atoms with Crippen molar-refractivity contribution in [3.05, 3.63) is 47.0 Å². The summed E-state index contributed by atoms with van der Waals surface area (Å²) in [6.07, 6.45) is 7.59. The van der Waals surface area contributed by atoms with Crippen LogP contribution in [0.15, 0.2) is 24.3 Å². The SMILES string of the molecule is COc1c2nc(c(OC)c3ccc([nH]3)c(OC)c3nc(c(OC)c4ccc1[nH]4)C=C3)C=C2.[Mn]. The minimum Gasteiger partial charge on any atom is -0.492 e. The molecule has 5 rings (SSSR count). The van der Waals surface area contributed by atoms with E-state index in [2.05, 4.69) is 9.97 Å². The second-order valence-electron chi connectivity index (χ2n) is 7.14. The fourth-order valence-electron chi connectivity index (χ4n) is 3.96. The quantitative estimate of drug-likeness (QED) is 0.359. The van der Waals surface area contributed by atoms with Gasteiger partial charge in [-0.2, -0.15) is 0 Å². The van der Waals surface area contributed by atoms with Crippen molar-refractivity contribution in [1.82, 2.24) is 19.9 Å². The van der Waals surface area contributed by atoms with Crippen LogP contribution in [0, 0.1) is 0 Å². The van der Waals surface area contributed by atoms with Gasteiger partial charge in [0.05, 0.1) is 50.5 Å². The fraction of sp³-hybridized carbons (Fsp3) is 0.167. The van der Waals surface area contributed by atoms with E-state index in [9.17, 15) is 0 Å². The first-order chi connectivity index (χ1) is 15.7. The number of hydrogen-bond acceptors (Lipinski definition) is 6. The summed E-state index contributed by atoms with van der Waals surface area (Å²) < 4.78 is 22.8. The van der Waals surface area contributed by atoms with Gasteiger partial charge in [-0.3, -0.25) is 0 Å². The van der Waals surface area contributed by atoms with Crippen molar-refractivity contribution in [2.24, 2.45) is 0 Å². The Balaban J connectivity index is 0.00000259. The molecule has 0 amide bonds. The Morgan fingerprint density at radius 2 is 0.727 bits per heavy atom. The maximum absolute atomic E-state index is 5.69. The normalized spacial score (nSPS) is 11.8. The molecule has 0 spiro atoms. The monoisotopic (exact) mass is 485 g/mol. The molecule has 9 heteroatoms. The Kier molecular flexibility index (Phi) is 6.18. The first-order valence-electron chi connectivity index (χ1n) is 9.99. The summed E-state index contributed by atoms with van der Waals surface area (Å²) in [5.74, 6) is 2.44. The van der Waals surface area contributed by atoms with E-state index >= 15 is 0 Å². The molecule has 2 N–H and O–H groups in total. The maximum atomic E-state index is 5.69. The van der Waals surface area contributed by atoms with E-state index in [0.29, 0.717) is 45.8 Å². The number of fused-ring (bicyclic) bond motifs is 8. The number of nitrogens with zero attached hydrogens (tertiary/aromatic N) is 2. The largest absolute Gasteiger partial charge is 0.492 e. The molecule has 0 aromatic carbocycles. The van der Waals surface area contributed by atoms with E-state index < -0.39 is 0 Å². The molecule has 33 heavy (non-hydrogen) atoms. The van der Waals surface area contributed by atoms with Crippen LogP contribution >= 0.6 is 0 Å². The number of nitrogens with one attached hydrogen (secondary N) is 2. The van der Waals surface area contributed by atoms with Gasteiger partial charge in [-0.15, -0.1) is 0 Å². The van der Waals surface area contributed by atoms with Crippen LogP contribution in [-0.2, 0) is 17.1 Å². The van der Waals surface area contributed by atoms with Crippen molar-refractivity contribution in [3.63, 3.8) is 0 Å². The van der Waals surface area contributed by atoms with E-state index in [1.165, 1.54) is 0 Å². The van der Waals surface area contributed by atoms with Crippen LogP contribution in [0.4, 0.5) is 0 Å².